The highest BCUT2D eigenvalue weighted by Crippen LogP contribution is 2.25. The van der Waals surface area contributed by atoms with E-state index in [1.165, 1.54) is 29.8 Å². The van der Waals surface area contributed by atoms with Crippen LogP contribution >= 0.6 is 0 Å². The van der Waals surface area contributed by atoms with Crippen LogP contribution in [0.5, 0.6) is 0 Å². The van der Waals surface area contributed by atoms with Crippen molar-refractivity contribution in [3.8, 4) is 11.1 Å². The van der Waals surface area contributed by atoms with Crippen LogP contribution in [0, 0.1) is 0 Å². The Morgan fingerprint density at radius 2 is 2.10 bits per heavy atom. The fraction of sp³-hybridized carbons (Fsp3) is 0.278. The predicted molar refractivity (Wildman–Crippen MR) is 84.1 cm³/mol. The quantitative estimate of drug-likeness (QED) is 0.664. The molecule has 21 heavy (non-hydrogen) atoms. The number of rotatable bonds is 6. The monoisotopic (exact) mass is 280 g/mol. The Morgan fingerprint density at radius 3 is 2.90 bits per heavy atom. The Hall–Kier alpha value is -2.29. The maximum Gasteiger partial charge on any atom is 0.108 e. The first-order chi connectivity index (χ1) is 10.4. The summed E-state index contributed by atoms with van der Waals surface area (Å²) in [5.41, 5.74) is 3.64. The van der Waals surface area contributed by atoms with Gasteiger partial charge in [0.05, 0.1) is 12.5 Å². The van der Waals surface area contributed by atoms with Crippen molar-refractivity contribution in [1.29, 1.82) is 0 Å². The van der Waals surface area contributed by atoms with Gasteiger partial charge >= 0.3 is 0 Å². The van der Waals surface area contributed by atoms with Gasteiger partial charge in [0.25, 0.3) is 0 Å². The van der Waals surface area contributed by atoms with E-state index in [1.54, 1.807) is 12.5 Å². The molecule has 0 amide bonds. The topological polar surface area (TPSA) is 31.0 Å². The molecule has 0 aliphatic heterocycles. The molecule has 3 rings (SSSR count). The number of furan rings is 1. The zero-order chi connectivity index (χ0) is 14.5. The molecule has 1 aromatic carbocycles. The van der Waals surface area contributed by atoms with Gasteiger partial charge in [0.15, 0.2) is 0 Å². The number of imidazole rings is 1. The van der Waals surface area contributed by atoms with E-state index in [9.17, 15) is 0 Å². The summed E-state index contributed by atoms with van der Waals surface area (Å²) in [4.78, 5) is 4.49. The second kappa shape index (κ2) is 6.44. The number of hydrogen-bond acceptors (Lipinski definition) is 2. The second-order valence-corrected chi connectivity index (χ2v) is 5.24. The molecular formula is C18H20N2O. The molecule has 0 aliphatic carbocycles. The van der Waals surface area contributed by atoms with Crippen LogP contribution in [0.15, 0.2) is 59.7 Å². The summed E-state index contributed by atoms with van der Waals surface area (Å²) in [5.74, 6) is 1.17. The summed E-state index contributed by atoms with van der Waals surface area (Å²) < 4.78 is 7.46. The summed E-state index contributed by atoms with van der Waals surface area (Å²) in [6.07, 6.45) is 10.9. The van der Waals surface area contributed by atoms with Crippen LogP contribution in [0.1, 0.15) is 31.2 Å². The van der Waals surface area contributed by atoms with Crippen molar-refractivity contribution in [3.63, 3.8) is 0 Å². The number of benzene rings is 1. The van der Waals surface area contributed by atoms with E-state index in [2.05, 4.69) is 46.9 Å². The van der Waals surface area contributed by atoms with Gasteiger partial charge in [0.1, 0.15) is 5.82 Å². The fourth-order valence-corrected chi connectivity index (χ4v) is 2.59. The fourth-order valence-electron chi connectivity index (χ4n) is 2.59. The molecule has 108 valence electrons. The van der Waals surface area contributed by atoms with E-state index in [1.807, 2.05) is 12.3 Å². The molecule has 3 nitrogen and oxygen atoms in total. The van der Waals surface area contributed by atoms with Gasteiger partial charge in [-0.3, -0.25) is 0 Å². The molecule has 0 radical (unpaired) electrons. The predicted octanol–water partition coefficient (Wildman–Crippen LogP) is 4.53. The normalized spacial score (nSPS) is 10.9. The van der Waals surface area contributed by atoms with Gasteiger partial charge in [0.2, 0.25) is 0 Å². The minimum atomic E-state index is 0.848. The third kappa shape index (κ3) is 3.07. The Kier molecular flexibility index (Phi) is 4.20. The largest absolute Gasteiger partial charge is 0.472 e. The molecule has 2 heterocycles. The lowest BCUT2D eigenvalue weighted by atomic mass is 10.0. The van der Waals surface area contributed by atoms with Crippen molar-refractivity contribution in [2.45, 2.75) is 32.7 Å². The van der Waals surface area contributed by atoms with E-state index in [0.29, 0.717) is 0 Å². The summed E-state index contributed by atoms with van der Waals surface area (Å²) in [6, 6.07) is 10.5. The Balaban J connectivity index is 1.87. The van der Waals surface area contributed by atoms with Crippen molar-refractivity contribution in [2.75, 3.05) is 0 Å². The Labute approximate surface area is 125 Å². The smallest absolute Gasteiger partial charge is 0.108 e. The number of hydrogen-bond donors (Lipinski definition) is 0. The van der Waals surface area contributed by atoms with Crippen LogP contribution < -0.4 is 0 Å². The van der Waals surface area contributed by atoms with Gasteiger partial charge in [-0.15, -0.1) is 0 Å². The SMILES string of the molecule is CCCCc1nccn1Cc1ccccc1-c1ccoc1. The highest BCUT2D eigenvalue weighted by Gasteiger charge is 2.08. The molecule has 0 unspecified atom stereocenters. The van der Waals surface area contributed by atoms with Gasteiger partial charge in [-0.2, -0.15) is 0 Å². The van der Waals surface area contributed by atoms with Crippen LogP contribution in [0.3, 0.4) is 0 Å². The van der Waals surface area contributed by atoms with E-state index in [4.69, 9.17) is 4.42 Å². The van der Waals surface area contributed by atoms with E-state index in [-0.39, 0.29) is 0 Å². The number of aromatic nitrogens is 2. The van der Waals surface area contributed by atoms with Crippen LogP contribution in [-0.4, -0.2) is 9.55 Å². The molecular weight excluding hydrogens is 260 g/mol. The van der Waals surface area contributed by atoms with Crippen molar-refractivity contribution in [3.05, 3.63) is 66.6 Å². The highest BCUT2D eigenvalue weighted by atomic mass is 16.3. The molecule has 2 aromatic heterocycles. The standard InChI is InChI=1S/C18H20N2O/c1-2-3-8-18-19-10-11-20(18)13-15-6-4-5-7-17(15)16-9-12-21-14-16/h4-7,9-12,14H,2-3,8,13H2,1H3. The minimum Gasteiger partial charge on any atom is -0.472 e. The van der Waals surface area contributed by atoms with Crippen molar-refractivity contribution in [1.82, 2.24) is 9.55 Å². The first kappa shape index (κ1) is 13.7. The maximum atomic E-state index is 5.22. The van der Waals surface area contributed by atoms with E-state index >= 15 is 0 Å². The minimum absolute atomic E-state index is 0.848. The van der Waals surface area contributed by atoms with Gasteiger partial charge < -0.3 is 8.98 Å². The van der Waals surface area contributed by atoms with Crippen LogP contribution in [0.4, 0.5) is 0 Å². The number of nitrogens with zero attached hydrogens (tertiary/aromatic N) is 2. The van der Waals surface area contributed by atoms with E-state index < -0.39 is 0 Å². The lowest BCUT2D eigenvalue weighted by Crippen LogP contribution is -2.05. The molecule has 0 aliphatic rings. The molecule has 0 spiro atoms. The summed E-state index contributed by atoms with van der Waals surface area (Å²) in [7, 11) is 0. The zero-order valence-corrected chi connectivity index (χ0v) is 12.3. The van der Waals surface area contributed by atoms with Crippen LogP contribution in [0.2, 0.25) is 0 Å². The highest BCUT2D eigenvalue weighted by molar-refractivity contribution is 5.66. The summed E-state index contributed by atoms with van der Waals surface area (Å²) in [6.45, 7) is 3.06. The third-order valence-corrected chi connectivity index (χ3v) is 3.75. The lowest BCUT2D eigenvalue weighted by molar-refractivity contribution is 0.568. The third-order valence-electron chi connectivity index (χ3n) is 3.75. The number of unbranched alkanes of at least 4 members (excludes halogenated alkanes) is 1. The Bertz CT molecular complexity index is 683. The van der Waals surface area contributed by atoms with Crippen LogP contribution in [0.25, 0.3) is 11.1 Å². The molecule has 3 heteroatoms. The van der Waals surface area contributed by atoms with Crippen LogP contribution in [-0.2, 0) is 13.0 Å². The number of aryl methyl sites for hydroxylation is 1. The summed E-state index contributed by atoms with van der Waals surface area (Å²) in [5, 5.41) is 0. The first-order valence-electron chi connectivity index (χ1n) is 7.49. The van der Waals surface area contributed by atoms with Gasteiger partial charge in [-0.1, -0.05) is 37.6 Å². The first-order valence-corrected chi connectivity index (χ1v) is 7.49. The molecule has 0 saturated heterocycles. The molecule has 0 fully saturated rings. The van der Waals surface area contributed by atoms with Gasteiger partial charge in [-0.05, 0) is 23.6 Å². The molecule has 0 N–H and O–H groups in total. The van der Waals surface area contributed by atoms with Gasteiger partial charge in [-0.25, -0.2) is 4.98 Å². The zero-order valence-electron chi connectivity index (χ0n) is 12.3. The molecule has 0 saturated carbocycles. The second-order valence-electron chi connectivity index (χ2n) is 5.24. The average molecular weight is 280 g/mol. The summed E-state index contributed by atoms with van der Waals surface area (Å²) >= 11 is 0. The Morgan fingerprint density at radius 1 is 1.19 bits per heavy atom. The van der Waals surface area contributed by atoms with Crippen molar-refractivity contribution in [2.24, 2.45) is 0 Å². The average Bonchev–Trinajstić information content (AvgIpc) is 3.17. The lowest BCUT2D eigenvalue weighted by Gasteiger charge is -2.11. The van der Waals surface area contributed by atoms with E-state index in [0.717, 1.165) is 18.5 Å². The van der Waals surface area contributed by atoms with Gasteiger partial charge in [0, 0.05) is 30.9 Å². The maximum absolute atomic E-state index is 5.22. The molecule has 3 aromatic rings. The molecule has 0 atom stereocenters. The molecule has 0 bridgehead atoms. The van der Waals surface area contributed by atoms with Crippen molar-refractivity contribution < 1.29 is 4.42 Å². The van der Waals surface area contributed by atoms with Crippen molar-refractivity contribution >= 4 is 0 Å².